The topological polar surface area (TPSA) is 0 Å². The van der Waals surface area contributed by atoms with Gasteiger partial charge in [0.1, 0.15) is 0 Å². The molecule has 0 heteroatoms. The fourth-order valence-corrected chi connectivity index (χ4v) is 4.28. The van der Waals surface area contributed by atoms with Crippen molar-refractivity contribution in [1.82, 2.24) is 0 Å². The van der Waals surface area contributed by atoms with Gasteiger partial charge in [-0.3, -0.25) is 0 Å². The first-order valence-corrected chi connectivity index (χ1v) is 10.2. The molecule has 0 atom stereocenters. The summed E-state index contributed by atoms with van der Waals surface area (Å²) in [5.41, 5.74) is 3.01. The highest BCUT2D eigenvalue weighted by Crippen LogP contribution is 2.36. The number of hydrogen-bond donors (Lipinski definition) is 0. The molecule has 0 spiro atoms. The van der Waals surface area contributed by atoms with Crippen molar-refractivity contribution in [2.75, 3.05) is 0 Å². The molecule has 0 aliphatic rings. The van der Waals surface area contributed by atoms with Gasteiger partial charge in [-0.1, -0.05) is 87.4 Å². The molecule has 0 nitrogen and oxygen atoms in total. The SMILES string of the molecule is CCCCc1cc2cc(CCCC)c3ccccc3c2c2ccccc12. The first-order valence-electron chi connectivity index (χ1n) is 10.2. The lowest BCUT2D eigenvalue weighted by atomic mass is 9.89. The van der Waals surface area contributed by atoms with Gasteiger partial charge in [0, 0.05) is 0 Å². The Morgan fingerprint density at radius 3 is 1.42 bits per heavy atom. The predicted octanol–water partition coefficient (Wildman–Crippen LogP) is 7.83. The molecule has 0 aliphatic heterocycles. The number of aryl methyl sites for hydroxylation is 2. The molecule has 0 unspecified atom stereocenters. The molecule has 0 heterocycles. The Labute approximate surface area is 156 Å². The van der Waals surface area contributed by atoms with Crippen LogP contribution in [0.5, 0.6) is 0 Å². The van der Waals surface area contributed by atoms with Crippen molar-refractivity contribution < 1.29 is 0 Å². The maximum absolute atomic E-state index is 2.47. The van der Waals surface area contributed by atoms with Crippen LogP contribution in [0.3, 0.4) is 0 Å². The minimum atomic E-state index is 1.17. The monoisotopic (exact) mass is 340 g/mol. The Balaban J connectivity index is 2.08. The second kappa shape index (κ2) is 7.50. The van der Waals surface area contributed by atoms with E-state index in [1.54, 1.807) is 0 Å². The standard InChI is InChI=1S/C26H28/c1-3-5-11-19-17-21-18-20(12-6-4-2)23-14-8-10-16-25(23)26(21)24-15-9-7-13-22(19)24/h7-10,13-18H,3-6,11-12H2,1-2H3. The predicted molar refractivity (Wildman–Crippen MR) is 116 cm³/mol. The third kappa shape index (κ3) is 2.98. The number of rotatable bonds is 6. The summed E-state index contributed by atoms with van der Waals surface area (Å²) >= 11 is 0. The molecule has 0 saturated heterocycles. The van der Waals surface area contributed by atoms with Crippen molar-refractivity contribution in [1.29, 1.82) is 0 Å². The van der Waals surface area contributed by atoms with E-state index < -0.39 is 0 Å². The van der Waals surface area contributed by atoms with Gasteiger partial charge in [0.25, 0.3) is 0 Å². The van der Waals surface area contributed by atoms with Crippen molar-refractivity contribution >= 4 is 32.3 Å². The lowest BCUT2D eigenvalue weighted by molar-refractivity contribution is 0.798. The summed E-state index contributed by atoms with van der Waals surface area (Å²) < 4.78 is 0. The lowest BCUT2D eigenvalue weighted by Crippen LogP contribution is -1.93. The van der Waals surface area contributed by atoms with Gasteiger partial charge in [0.05, 0.1) is 0 Å². The van der Waals surface area contributed by atoms with Crippen molar-refractivity contribution in [3.63, 3.8) is 0 Å². The Morgan fingerprint density at radius 1 is 0.577 bits per heavy atom. The fraction of sp³-hybridized carbons (Fsp3) is 0.308. The van der Waals surface area contributed by atoms with E-state index >= 15 is 0 Å². The van der Waals surface area contributed by atoms with Crippen LogP contribution in [0.1, 0.15) is 50.7 Å². The molecule has 0 fully saturated rings. The van der Waals surface area contributed by atoms with Gasteiger partial charge in [-0.05, 0) is 69.1 Å². The van der Waals surface area contributed by atoms with Crippen molar-refractivity contribution in [2.24, 2.45) is 0 Å². The van der Waals surface area contributed by atoms with Crippen molar-refractivity contribution in [3.05, 3.63) is 71.8 Å². The Bertz CT molecular complexity index is 973. The largest absolute Gasteiger partial charge is 0.0654 e. The first kappa shape index (κ1) is 17.1. The van der Waals surface area contributed by atoms with Gasteiger partial charge in [-0.15, -0.1) is 0 Å². The van der Waals surface area contributed by atoms with Crippen LogP contribution in [-0.2, 0) is 12.8 Å². The maximum atomic E-state index is 2.47. The molecule has 0 amide bonds. The highest BCUT2D eigenvalue weighted by Gasteiger charge is 2.12. The molecule has 0 aliphatic carbocycles. The van der Waals surface area contributed by atoms with E-state index in [0.717, 1.165) is 0 Å². The maximum Gasteiger partial charge on any atom is -0.00264 e. The van der Waals surface area contributed by atoms with E-state index in [-0.39, 0.29) is 0 Å². The van der Waals surface area contributed by atoms with Gasteiger partial charge in [0.15, 0.2) is 0 Å². The molecule has 0 saturated carbocycles. The van der Waals surface area contributed by atoms with E-state index in [9.17, 15) is 0 Å². The third-order valence-corrected chi connectivity index (χ3v) is 5.63. The fourth-order valence-electron chi connectivity index (χ4n) is 4.28. The van der Waals surface area contributed by atoms with Crippen LogP contribution in [0.25, 0.3) is 32.3 Å². The van der Waals surface area contributed by atoms with Crippen LogP contribution >= 0.6 is 0 Å². The van der Waals surface area contributed by atoms with Crippen LogP contribution in [0, 0.1) is 0 Å². The van der Waals surface area contributed by atoms with Gasteiger partial charge in [-0.25, -0.2) is 0 Å². The van der Waals surface area contributed by atoms with Gasteiger partial charge in [-0.2, -0.15) is 0 Å². The zero-order chi connectivity index (χ0) is 17.9. The molecule has 26 heavy (non-hydrogen) atoms. The average molecular weight is 341 g/mol. The summed E-state index contributed by atoms with van der Waals surface area (Å²) in [7, 11) is 0. The molecule has 0 aromatic heterocycles. The Morgan fingerprint density at radius 2 is 1.00 bits per heavy atom. The molecule has 4 aromatic carbocycles. The van der Waals surface area contributed by atoms with Crippen LogP contribution < -0.4 is 0 Å². The Hall–Kier alpha value is -2.34. The minimum Gasteiger partial charge on any atom is -0.0654 e. The van der Waals surface area contributed by atoms with Gasteiger partial charge in [0.2, 0.25) is 0 Å². The van der Waals surface area contributed by atoms with E-state index in [1.165, 1.54) is 82.0 Å². The second-order valence-electron chi connectivity index (χ2n) is 7.47. The molecule has 4 aromatic rings. The number of fused-ring (bicyclic) bond motifs is 5. The Kier molecular flexibility index (Phi) is 4.93. The van der Waals surface area contributed by atoms with E-state index in [4.69, 9.17) is 0 Å². The van der Waals surface area contributed by atoms with Crippen molar-refractivity contribution in [2.45, 2.75) is 52.4 Å². The molecule has 132 valence electrons. The summed E-state index contributed by atoms with van der Waals surface area (Å²) in [4.78, 5) is 0. The lowest BCUT2D eigenvalue weighted by Gasteiger charge is -2.15. The van der Waals surface area contributed by atoms with Gasteiger partial charge >= 0.3 is 0 Å². The average Bonchev–Trinajstić information content (AvgIpc) is 2.70. The van der Waals surface area contributed by atoms with Crippen LogP contribution in [-0.4, -0.2) is 0 Å². The number of benzene rings is 4. The second-order valence-corrected chi connectivity index (χ2v) is 7.47. The molecule has 0 radical (unpaired) electrons. The summed E-state index contributed by atoms with van der Waals surface area (Å²) in [5.74, 6) is 0. The quantitative estimate of drug-likeness (QED) is 0.314. The van der Waals surface area contributed by atoms with Gasteiger partial charge < -0.3 is 0 Å². The molecular formula is C26H28. The summed E-state index contributed by atoms with van der Waals surface area (Å²) in [6.45, 7) is 4.55. The van der Waals surface area contributed by atoms with Crippen LogP contribution in [0.2, 0.25) is 0 Å². The number of hydrogen-bond acceptors (Lipinski definition) is 0. The number of unbranched alkanes of at least 4 members (excludes halogenated alkanes) is 2. The van der Waals surface area contributed by atoms with Crippen LogP contribution in [0.4, 0.5) is 0 Å². The zero-order valence-electron chi connectivity index (χ0n) is 16.0. The summed E-state index contributed by atoms with van der Waals surface area (Å²) in [5, 5.41) is 8.53. The molecule has 0 bridgehead atoms. The van der Waals surface area contributed by atoms with E-state index in [2.05, 4.69) is 74.5 Å². The smallest absolute Gasteiger partial charge is 0.00264 e. The zero-order valence-corrected chi connectivity index (χ0v) is 16.0. The van der Waals surface area contributed by atoms with Crippen LogP contribution in [0.15, 0.2) is 60.7 Å². The van der Waals surface area contributed by atoms with E-state index in [0.29, 0.717) is 0 Å². The minimum absolute atomic E-state index is 1.17. The normalized spacial score (nSPS) is 11.6. The molecular weight excluding hydrogens is 312 g/mol. The molecule has 0 N–H and O–H groups in total. The summed E-state index contributed by atoms with van der Waals surface area (Å²) in [6.07, 6.45) is 7.34. The highest BCUT2D eigenvalue weighted by atomic mass is 14.2. The van der Waals surface area contributed by atoms with E-state index in [1.807, 2.05) is 0 Å². The summed E-state index contributed by atoms with van der Waals surface area (Å²) in [6, 6.07) is 22.9. The molecule has 4 rings (SSSR count). The van der Waals surface area contributed by atoms with Crippen molar-refractivity contribution in [3.8, 4) is 0 Å². The first-order chi connectivity index (χ1) is 12.8. The third-order valence-electron chi connectivity index (χ3n) is 5.63. The highest BCUT2D eigenvalue weighted by molar-refractivity contribution is 6.21.